The largest absolute Gasteiger partial charge is 0.315 e. The molecule has 2 heterocycles. The third-order valence-electron chi connectivity index (χ3n) is 3.94. The number of nitrogens with one attached hydrogen (secondary N) is 1. The first-order valence-electron chi connectivity index (χ1n) is 5.85. The van der Waals surface area contributed by atoms with Crippen LogP contribution in [0.15, 0.2) is 0 Å². The fraction of sp³-hybridized carbons (Fsp3) is 1.00. The summed E-state index contributed by atoms with van der Waals surface area (Å²) < 4.78 is 0. The lowest BCUT2D eigenvalue weighted by Gasteiger charge is -2.44. The summed E-state index contributed by atoms with van der Waals surface area (Å²) in [6, 6.07) is 2.22. The van der Waals surface area contributed by atoms with Crippen molar-refractivity contribution < 1.29 is 0 Å². The Labute approximate surface area is 87.4 Å². The molecule has 2 aliphatic rings. The Hall–Kier alpha value is -0.120. The number of rotatable bonds is 1. The molecule has 0 aliphatic carbocycles. The molecule has 0 aromatic carbocycles. The minimum atomic E-state index is 0.708. The second-order valence-electron chi connectivity index (χ2n) is 4.96. The predicted molar refractivity (Wildman–Crippen MR) is 59.5 cm³/mol. The molecule has 3 unspecified atom stereocenters. The van der Waals surface area contributed by atoms with Crippen LogP contribution >= 0.6 is 0 Å². The van der Waals surface area contributed by atoms with Gasteiger partial charge in [0.2, 0.25) is 0 Å². The van der Waals surface area contributed by atoms with Gasteiger partial charge in [0.25, 0.3) is 0 Å². The molecule has 0 bridgehead atoms. The molecule has 0 spiro atoms. The highest BCUT2D eigenvalue weighted by molar-refractivity contribution is 4.89. The first kappa shape index (κ1) is 10.4. The summed E-state index contributed by atoms with van der Waals surface area (Å²) in [6.45, 7) is 9.57. The summed E-state index contributed by atoms with van der Waals surface area (Å²) >= 11 is 0. The summed E-state index contributed by atoms with van der Waals surface area (Å²) in [6.07, 6.45) is 1.34. The monoisotopic (exact) mass is 197 g/mol. The lowest BCUT2D eigenvalue weighted by atomic mass is 10.1. The number of nitrogens with zero attached hydrogens (tertiary/aromatic N) is 2. The minimum Gasteiger partial charge on any atom is -0.315 e. The van der Waals surface area contributed by atoms with Crippen molar-refractivity contribution in [3.05, 3.63) is 0 Å². The number of hydrogen-bond acceptors (Lipinski definition) is 3. The Bertz CT molecular complexity index is 177. The smallest absolute Gasteiger partial charge is 0.0234 e. The van der Waals surface area contributed by atoms with Crippen LogP contribution < -0.4 is 5.32 Å². The highest BCUT2D eigenvalue weighted by Crippen LogP contribution is 2.18. The molecule has 2 aliphatic heterocycles. The Balaban J connectivity index is 1.94. The van der Waals surface area contributed by atoms with E-state index in [0.717, 1.165) is 6.04 Å². The standard InChI is InChI=1S/C11H23N3/c1-9-7-14(8-10(2)13(9)3)11-4-5-12-6-11/h9-12H,4-8H2,1-3H3. The van der Waals surface area contributed by atoms with Gasteiger partial charge in [0.05, 0.1) is 0 Å². The van der Waals surface area contributed by atoms with Crippen LogP contribution in [0.1, 0.15) is 20.3 Å². The van der Waals surface area contributed by atoms with Gasteiger partial charge in [0.15, 0.2) is 0 Å². The van der Waals surface area contributed by atoms with Crippen LogP contribution in [-0.2, 0) is 0 Å². The van der Waals surface area contributed by atoms with Gasteiger partial charge in [-0.15, -0.1) is 0 Å². The van der Waals surface area contributed by atoms with Crippen molar-refractivity contribution in [2.75, 3.05) is 33.2 Å². The SMILES string of the molecule is CC1CN(C2CCNC2)CC(C)N1C. The Morgan fingerprint density at radius 3 is 2.29 bits per heavy atom. The molecule has 0 aromatic heterocycles. The predicted octanol–water partition coefficient (Wildman–Crippen LogP) is 0.373. The van der Waals surface area contributed by atoms with Gasteiger partial charge in [-0.3, -0.25) is 9.80 Å². The molecule has 82 valence electrons. The van der Waals surface area contributed by atoms with E-state index in [1.165, 1.54) is 32.6 Å². The lowest BCUT2D eigenvalue weighted by molar-refractivity contribution is 0.0384. The number of hydrogen-bond donors (Lipinski definition) is 1. The first-order valence-corrected chi connectivity index (χ1v) is 5.85. The van der Waals surface area contributed by atoms with Crippen molar-refractivity contribution in [1.82, 2.24) is 15.1 Å². The summed E-state index contributed by atoms with van der Waals surface area (Å²) in [5.74, 6) is 0. The van der Waals surface area contributed by atoms with Crippen molar-refractivity contribution in [3.8, 4) is 0 Å². The normalized spacial score (nSPS) is 41.8. The van der Waals surface area contributed by atoms with E-state index in [1.54, 1.807) is 0 Å². The quantitative estimate of drug-likeness (QED) is 0.655. The average molecular weight is 197 g/mol. The zero-order chi connectivity index (χ0) is 10.1. The molecule has 2 rings (SSSR count). The second-order valence-corrected chi connectivity index (χ2v) is 4.96. The Morgan fingerprint density at radius 1 is 1.14 bits per heavy atom. The highest BCUT2D eigenvalue weighted by Gasteiger charge is 2.31. The molecule has 2 saturated heterocycles. The van der Waals surface area contributed by atoms with E-state index in [2.05, 4.69) is 36.0 Å². The van der Waals surface area contributed by atoms with E-state index < -0.39 is 0 Å². The average Bonchev–Trinajstić information content (AvgIpc) is 2.66. The van der Waals surface area contributed by atoms with Gasteiger partial charge >= 0.3 is 0 Å². The maximum absolute atomic E-state index is 3.46. The van der Waals surface area contributed by atoms with E-state index in [9.17, 15) is 0 Å². The molecule has 14 heavy (non-hydrogen) atoms. The van der Waals surface area contributed by atoms with Gasteiger partial charge in [-0.1, -0.05) is 0 Å². The van der Waals surface area contributed by atoms with Gasteiger partial charge in [-0.05, 0) is 33.9 Å². The van der Waals surface area contributed by atoms with Crippen LogP contribution in [0.3, 0.4) is 0 Å². The summed E-state index contributed by atoms with van der Waals surface area (Å²) in [4.78, 5) is 5.17. The molecule has 1 N–H and O–H groups in total. The van der Waals surface area contributed by atoms with Crippen LogP contribution in [0.5, 0.6) is 0 Å². The number of likely N-dealkylation sites (N-methyl/N-ethyl adjacent to an activating group) is 1. The topological polar surface area (TPSA) is 18.5 Å². The first-order chi connectivity index (χ1) is 6.68. The maximum Gasteiger partial charge on any atom is 0.0234 e. The summed E-state index contributed by atoms with van der Waals surface area (Å²) in [5.41, 5.74) is 0. The molecular weight excluding hydrogens is 174 g/mol. The third kappa shape index (κ3) is 1.95. The number of piperazine rings is 1. The van der Waals surface area contributed by atoms with Crippen LogP contribution in [0.2, 0.25) is 0 Å². The van der Waals surface area contributed by atoms with E-state index in [1.807, 2.05) is 0 Å². The molecule has 0 amide bonds. The van der Waals surface area contributed by atoms with E-state index in [0.29, 0.717) is 12.1 Å². The van der Waals surface area contributed by atoms with E-state index >= 15 is 0 Å². The van der Waals surface area contributed by atoms with Gasteiger partial charge in [-0.2, -0.15) is 0 Å². The fourth-order valence-electron chi connectivity index (χ4n) is 2.69. The second kappa shape index (κ2) is 4.17. The maximum atomic E-state index is 3.46. The molecule has 3 heteroatoms. The zero-order valence-corrected chi connectivity index (χ0v) is 9.66. The fourth-order valence-corrected chi connectivity index (χ4v) is 2.69. The van der Waals surface area contributed by atoms with Gasteiger partial charge in [0, 0.05) is 37.8 Å². The minimum absolute atomic E-state index is 0.708. The van der Waals surface area contributed by atoms with Gasteiger partial charge < -0.3 is 5.32 Å². The molecular formula is C11H23N3. The van der Waals surface area contributed by atoms with E-state index in [-0.39, 0.29) is 0 Å². The summed E-state index contributed by atoms with van der Waals surface area (Å²) in [7, 11) is 2.25. The van der Waals surface area contributed by atoms with Gasteiger partial charge in [-0.25, -0.2) is 0 Å². The van der Waals surface area contributed by atoms with Crippen molar-refractivity contribution in [1.29, 1.82) is 0 Å². The molecule has 3 atom stereocenters. The van der Waals surface area contributed by atoms with Crippen LogP contribution in [-0.4, -0.2) is 61.2 Å². The van der Waals surface area contributed by atoms with E-state index in [4.69, 9.17) is 0 Å². The van der Waals surface area contributed by atoms with Gasteiger partial charge in [0.1, 0.15) is 0 Å². The lowest BCUT2D eigenvalue weighted by Crippen LogP contribution is -2.57. The third-order valence-corrected chi connectivity index (χ3v) is 3.94. The van der Waals surface area contributed by atoms with Crippen LogP contribution in [0.4, 0.5) is 0 Å². The molecule has 0 aromatic rings. The highest BCUT2D eigenvalue weighted by atomic mass is 15.3. The molecule has 0 radical (unpaired) electrons. The van der Waals surface area contributed by atoms with Crippen molar-refractivity contribution >= 4 is 0 Å². The zero-order valence-electron chi connectivity index (χ0n) is 9.66. The molecule has 0 saturated carbocycles. The molecule has 3 nitrogen and oxygen atoms in total. The molecule has 2 fully saturated rings. The van der Waals surface area contributed by atoms with Crippen molar-refractivity contribution in [2.24, 2.45) is 0 Å². The Kier molecular flexibility index (Phi) is 3.10. The van der Waals surface area contributed by atoms with Crippen molar-refractivity contribution in [3.63, 3.8) is 0 Å². The van der Waals surface area contributed by atoms with Crippen LogP contribution in [0, 0.1) is 0 Å². The van der Waals surface area contributed by atoms with Crippen molar-refractivity contribution in [2.45, 2.75) is 38.4 Å². The Morgan fingerprint density at radius 2 is 1.79 bits per heavy atom. The summed E-state index contributed by atoms with van der Waals surface area (Å²) in [5, 5.41) is 3.46. The van der Waals surface area contributed by atoms with Crippen LogP contribution in [0.25, 0.3) is 0 Å².